The van der Waals surface area contributed by atoms with E-state index in [1.165, 1.54) is 24.3 Å². The third-order valence-electron chi connectivity index (χ3n) is 5.85. The Hall–Kier alpha value is -2.72. The molecular weight excluding hydrogens is 477 g/mol. The van der Waals surface area contributed by atoms with Gasteiger partial charge in [0.2, 0.25) is 5.91 Å². The van der Waals surface area contributed by atoms with E-state index in [0.29, 0.717) is 38.3 Å². The Labute approximate surface area is 208 Å². The summed E-state index contributed by atoms with van der Waals surface area (Å²) in [5.41, 5.74) is -0.790. The van der Waals surface area contributed by atoms with E-state index >= 15 is 0 Å². The minimum absolute atomic E-state index is 0.0619. The zero-order valence-corrected chi connectivity index (χ0v) is 20.8. The zero-order chi connectivity index (χ0) is 25.4. The average molecular weight is 509 g/mol. The second-order valence-electron chi connectivity index (χ2n) is 8.33. The lowest BCUT2D eigenvalue weighted by atomic mass is 10.0. The fraction of sp³-hybridized carbons (Fsp3) is 0.440. The Morgan fingerprint density at radius 3 is 2.17 bits per heavy atom. The fourth-order valence-corrected chi connectivity index (χ4v) is 4.60. The number of halogens is 3. The maximum absolute atomic E-state index is 12.8. The lowest BCUT2D eigenvalue weighted by Gasteiger charge is -2.22. The van der Waals surface area contributed by atoms with Crippen LogP contribution < -0.4 is 10.6 Å². The van der Waals surface area contributed by atoms with Gasteiger partial charge in [-0.05, 0) is 66.4 Å². The molecule has 0 aromatic heterocycles. The molecule has 2 aromatic rings. The fourth-order valence-electron chi connectivity index (χ4n) is 4.06. The van der Waals surface area contributed by atoms with Crippen LogP contribution in [0.5, 0.6) is 0 Å². The highest BCUT2D eigenvalue weighted by Gasteiger charge is 2.29. The van der Waals surface area contributed by atoms with Gasteiger partial charge in [-0.25, -0.2) is 4.79 Å². The highest BCUT2D eigenvalue weighted by atomic mass is 32.2. The molecule has 1 heterocycles. The monoisotopic (exact) mass is 508 g/mol. The van der Waals surface area contributed by atoms with Crippen LogP contribution in [0.1, 0.15) is 31.4 Å². The van der Waals surface area contributed by atoms with Gasteiger partial charge in [-0.15, -0.1) is 0 Å². The largest absolute Gasteiger partial charge is 0.446 e. The van der Waals surface area contributed by atoms with E-state index in [2.05, 4.69) is 24.5 Å². The van der Waals surface area contributed by atoms with Crippen LogP contribution in [0, 0.1) is 0 Å². The van der Waals surface area contributed by atoms with Gasteiger partial charge < -0.3 is 15.5 Å². The number of hydrogen-bond donors (Lipinski definition) is 2. The van der Waals surface area contributed by atoms with Crippen molar-refractivity contribution in [1.82, 2.24) is 9.80 Å². The van der Waals surface area contributed by atoms with Gasteiger partial charge in [0.1, 0.15) is 0 Å². The van der Waals surface area contributed by atoms with Gasteiger partial charge in [-0.3, -0.25) is 9.69 Å². The molecule has 2 aromatic carbocycles. The summed E-state index contributed by atoms with van der Waals surface area (Å²) >= 11 is -0.193. The van der Waals surface area contributed by atoms with Crippen LogP contribution in [0.2, 0.25) is 0 Å². The number of nitrogens with one attached hydrogen (secondary N) is 2. The minimum Gasteiger partial charge on any atom is -0.324 e. The second kappa shape index (κ2) is 12.3. The number of alkyl halides is 3. The minimum atomic E-state index is -4.35. The van der Waals surface area contributed by atoms with E-state index in [1.807, 2.05) is 23.1 Å². The van der Waals surface area contributed by atoms with Crippen LogP contribution in [0.3, 0.4) is 0 Å². The van der Waals surface area contributed by atoms with Crippen LogP contribution in [-0.2, 0) is 17.6 Å². The summed E-state index contributed by atoms with van der Waals surface area (Å²) < 4.78 is 37.4. The number of carbonyl (C=O) groups is 2. The van der Waals surface area contributed by atoms with Crippen molar-refractivity contribution in [2.24, 2.45) is 0 Å². The number of carbonyl (C=O) groups excluding carboxylic acids is 2. The molecule has 0 spiro atoms. The molecule has 0 radical (unpaired) electrons. The Balaban J connectivity index is 1.51. The summed E-state index contributed by atoms with van der Waals surface area (Å²) in [4.78, 5) is 29.2. The van der Waals surface area contributed by atoms with E-state index in [9.17, 15) is 22.8 Å². The summed E-state index contributed by atoms with van der Waals surface area (Å²) in [7, 11) is 0. The summed E-state index contributed by atoms with van der Waals surface area (Å²) in [5, 5.41) is 5.83. The lowest BCUT2D eigenvalue weighted by Crippen LogP contribution is -2.39. The number of benzene rings is 2. The van der Waals surface area contributed by atoms with E-state index in [0.717, 1.165) is 29.7 Å². The van der Waals surface area contributed by atoms with E-state index in [-0.39, 0.29) is 35.1 Å². The molecule has 6 nitrogen and oxygen atoms in total. The van der Waals surface area contributed by atoms with Crippen LogP contribution >= 0.6 is 11.8 Å². The molecule has 3 amide bonds. The number of para-hydroxylation sites is 1. The number of rotatable bonds is 7. The van der Waals surface area contributed by atoms with Crippen molar-refractivity contribution < 1.29 is 22.8 Å². The van der Waals surface area contributed by atoms with Crippen LogP contribution in [-0.4, -0.2) is 60.0 Å². The smallest absolute Gasteiger partial charge is 0.324 e. The standard InChI is InChI=1S/C25H31F3N4O2S/c1-3-18-7-5-8-19(4-2)23(18)30-22(33)17-31-13-6-14-32(16-15-31)24(34)29-20-9-11-21(12-10-20)35-25(26,27)28/h5,7-12H,3-4,6,13-17H2,1-2H3,(H,29,34)(H,30,33). The molecule has 190 valence electrons. The first-order chi connectivity index (χ1) is 16.7. The number of anilines is 2. The van der Waals surface area contributed by atoms with Gasteiger partial charge in [0.25, 0.3) is 0 Å². The maximum atomic E-state index is 12.8. The average Bonchev–Trinajstić information content (AvgIpc) is 3.05. The number of aryl methyl sites for hydroxylation is 2. The molecule has 35 heavy (non-hydrogen) atoms. The van der Waals surface area contributed by atoms with Gasteiger partial charge >= 0.3 is 11.5 Å². The highest BCUT2D eigenvalue weighted by molar-refractivity contribution is 8.00. The molecule has 0 unspecified atom stereocenters. The molecule has 2 N–H and O–H groups in total. The van der Waals surface area contributed by atoms with Crippen LogP contribution in [0.15, 0.2) is 47.4 Å². The molecule has 0 saturated carbocycles. The van der Waals surface area contributed by atoms with Gasteiger partial charge in [0.15, 0.2) is 0 Å². The quantitative estimate of drug-likeness (QED) is 0.478. The Bertz CT molecular complexity index is 993. The van der Waals surface area contributed by atoms with E-state index < -0.39 is 5.51 Å². The molecule has 1 saturated heterocycles. The van der Waals surface area contributed by atoms with Gasteiger partial charge in [0, 0.05) is 42.4 Å². The molecule has 3 rings (SSSR count). The molecular formula is C25H31F3N4O2S. The first kappa shape index (κ1) is 26.9. The maximum Gasteiger partial charge on any atom is 0.446 e. The van der Waals surface area contributed by atoms with Crippen molar-refractivity contribution in [3.63, 3.8) is 0 Å². The summed E-state index contributed by atoms with van der Waals surface area (Å²) in [6, 6.07) is 11.3. The molecule has 0 atom stereocenters. The zero-order valence-electron chi connectivity index (χ0n) is 20.0. The lowest BCUT2D eigenvalue weighted by molar-refractivity contribution is -0.117. The predicted octanol–water partition coefficient (Wildman–Crippen LogP) is 5.60. The van der Waals surface area contributed by atoms with Crippen molar-refractivity contribution in [2.45, 2.75) is 43.5 Å². The van der Waals surface area contributed by atoms with Gasteiger partial charge in [-0.2, -0.15) is 13.2 Å². The van der Waals surface area contributed by atoms with Crippen LogP contribution in [0.25, 0.3) is 0 Å². The summed E-state index contributed by atoms with van der Waals surface area (Å²) in [6.45, 7) is 6.60. The predicted molar refractivity (Wildman–Crippen MR) is 134 cm³/mol. The third-order valence-corrected chi connectivity index (χ3v) is 6.58. The number of hydrogen-bond acceptors (Lipinski definition) is 4. The summed E-state index contributed by atoms with van der Waals surface area (Å²) in [6.07, 6.45) is 2.38. The second-order valence-corrected chi connectivity index (χ2v) is 9.46. The van der Waals surface area contributed by atoms with Gasteiger partial charge in [0.05, 0.1) is 6.54 Å². The highest BCUT2D eigenvalue weighted by Crippen LogP contribution is 2.37. The molecule has 0 aliphatic carbocycles. The number of amides is 3. The summed E-state index contributed by atoms with van der Waals surface area (Å²) in [5.74, 6) is -0.0738. The number of nitrogens with zero attached hydrogens (tertiary/aromatic N) is 2. The molecule has 1 fully saturated rings. The normalized spacial score (nSPS) is 14.9. The Kier molecular flexibility index (Phi) is 9.45. The third kappa shape index (κ3) is 8.17. The Morgan fingerprint density at radius 2 is 1.57 bits per heavy atom. The number of thioether (sulfide) groups is 1. The van der Waals surface area contributed by atoms with Crippen molar-refractivity contribution in [3.8, 4) is 0 Å². The van der Waals surface area contributed by atoms with Gasteiger partial charge in [-0.1, -0.05) is 32.0 Å². The van der Waals surface area contributed by atoms with Crippen molar-refractivity contribution >= 4 is 35.1 Å². The topological polar surface area (TPSA) is 64.7 Å². The van der Waals surface area contributed by atoms with E-state index in [1.54, 1.807) is 4.90 Å². The number of urea groups is 1. The van der Waals surface area contributed by atoms with Crippen molar-refractivity contribution in [2.75, 3.05) is 43.4 Å². The van der Waals surface area contributed by atoms with E-state index in [4.69, 9.17) is 0 Å². The first-order valence-corrected chi connectivity index (χ1v) is 12.5. The molecule has 1 aliphatic rings. The van der Waals surface area contributed by atoms with Crippen LogP contribution in [0.4, 0.5) is 29.3 Å². The van der Waals surface area contributed by atoms with Crippen molar-refractivity contribution in [3.05, 3.63) is 53.6 Å². The Morgan fingerprint density at radius 1 is 0.914 bits per heavy atom. The SMILES string of the molecule is CCc1cccc(CC)c1NC(=O)CN1CCCN(C(=O)Nc2ccc(SC(F)(F)F)cc2)CC1. The molecule has 0 bridgehead atoms. The molecule has 10 heteroatoms. The van der Waals surface area contributed by atoms with Crippen molar-refractivity contribution in [1.29, 1.82) is 0 Å². The first-order valence-electron chi connectivity index (χ1n) is 11.7. The molecule has 1 aliphatic heterocycles.